The Morgan fingerprint density at radius 3 is 3.00 bits per heavy atom. The van der Waals surface area contributed by atoms with Gasteiger partial charge < -0.3 is 5.43 Å². The zero-order valence-corrected chi connectivity index (χ0v) is 6.33. The van der Waals surface area contributed by atoms with Crippen molar-refractivity contribution < 1.29 is 0 Å². The van der Waals surface area contributed by atoms with Crippen LogP contribution in [0.5, 0.6) is 0 Å². The van der Waals surface area contributed by atoms with Crippen LogP contribution in [0.2, 0.25) is 0 Å². The molecule has 10 heavy (non-hydrogen) atoms. The minimum absolute atomic E-state index is 0.894. The highest BCUT2D eigenvalue weighted by Gasteiger charge is 1.97. The lowest BCUT2D eigenvalue weighted by molar-refractivity contribution is 0.785. The Labute approximate surface area is 60.2 Å². The van der Waals surface area contributed by atoms with Crippen LogP contribution in [0.25, 0.3) is 0 Å². The van der Waals surface area contributed by atoms with E-state index in [0.29, 0.717) is 0 Å². The van der Waals surface area contributed by atoms with E-state index >= 15 is 0 Å². The molecular weight excluding hydrogens is 128 g/mol. The van der Waals surface area contributed by atoms with Gasteiger partial charge in [0.1, 0.15) is 6.33 Å². The van der Waals surface area contributed by atoms with E-state index in [1.54, 1.807) is 6.33 Å². The molecule has 0 atom stereocenters. The molecule has 1 heterocycles. The van der Waals surface area contributed by atoms with Crippen LogP contribution in [0.1, 0.15) is 19.7 Å². The molecule has 0 aliphatic heterocycles. The van der Waals surface area contributed by atoms with Gasteiger partial charge in [-0.15, -0.1) is 10.2 Å². The van der Waals surface area contributed by atoms with Gasteiger partial charge in [0.15, 0.2) is 5.82 Å². The molecule has 4 nitrogen and oxygen atoms in total. The summed E-state index contributed by atoms with van der Waals surface area (Å²) in [5.41, 5.74) is 3.10. The molecule has 0 bridgehead atoms. The molecule has 0 aliphatic carbocycles. The summed E-state index contributed by atoms with van der Waals surface area (Å²) in [6, 6.07) is 0. The van der Waals surface area contributed by atoms with Gasteiger partial charge in [0, 0.05) is 13.0 Å². The van der Waals surface area contributed by atoms with Crippen molar-refractivity contribution in [2.45, 2.75) is 20.3 Å². The molecule has 0 saturated carbocycles. The van der Waals surface area contributed by atoms with E-state index in [2.05, 4.69) is 22.5 Å². The first kappa shape index (κ1) is 7.05. The van der Waals surface area contributed by atoms with Gasteiger partial charge >= 0.3 is 0 Å². The zero-order chi connectivity index (χ0) is 7.40. The number of aryl methyl sites for hydroxylation is 1. The molecule has 1 aromatic rings. The summed E-state index contributed by atoms with van der Waals surface area (Å²) in [5, 5.41) is 7.67. The number of hydrogen-bond donors (Lipinski definition) is 1. The fraction of sp³-hybridized carbons (Fsp3) is 0.667. The van der Waals surface area contributed by atoms with Gasteiger partial charge in [-0.1, -0.05) is 6.92 Å². The van der Waals surface area contributed by atoms with Gasteiger partial charge in [0.05, 0.1) is 0 Å². The van der Waals surface area contributed by atoms with Crippen molar-refractivity contribution in [1.82, 2.24) is 14.9 Å². The third-order valence-electron chi connectivity index (χ3n) is 1.26. The number of aromatic nitrogens is 3. The maximum atomic E-state index is 3.90. The fourth-order valence-electron chi connectivity index (χ4n) is 0.802. The van der Waals surface area contributed by atoms with E-state index in [-0.39, 0.29) is 0 Å². The second kappa shape index (κ2) is 3.20. The average Bonchev–Trinajstić information content (AvgIpc) is 2.36. The number of nitrogens with zero attached hydrogens (tertiary/aromatic N) is 3. The van der Waals surface area contributed by atoms with Crippen molar-refractivity contribution in [3.63, 3.8) is 0 Å². The van der Waals surface area contributed by atoms with Crippen molar-refractivity contribution in [3.8, 4) is 0 Å². The van der Waals surface area contributed by atoms with Crippen LogP contribution in [0, 0.1) is 0 Å². The predicted molar refractivity (Wildman–Crippen MR) is 39.3 cm³/mol. The fourth-order valence-corrected chi connectivity index (χ4v) is 0.802. The first-order valence-electron chi connectivity index (χ1n) is 3.51. The Bertz CT molecular complexity index is 193. The molecule has 0 unspecified atom stereocenters. The number of rotatable bonds is 3. The molecule has 0 amide bonds. The van der Waals surface area contributed by atoms with E-state index in [4.69, 9.17) is 0 Å². The highest BCUT2D eigenvalue weighted by molar-refractivity contribution is 4.87. The first-order valence-corrected chi connectivity index (χ1v) is 3.51. The van der Waals surface area contributed by atoms with Crippen molar-refractivity contribution in [2.75, 3.05) is 12.0 Å². The van der Waals surface area contributed by atoms with Gasteiger partial charge in [-0.2, -0.15) is 0 Å². The lowest BCUT2D eigenvalue weighted by Crippen LogP contribution is -2.15. The van der Waals surface area contributed by atoms with Crippen molar-refractivity contribution >= 4 is 0 Å². The molecule has 56 valence electrons. The zero-order valence-electron chi connectivity index (χ0n) is 6.33. The summed E-state index contributed by atoms with van der Waals surface area (Å²) in [7, 11) is 0. The molecule has 1 rings (SSSR count). The molecule has 0 spiro atoms. The van der Waals surface area contributed by atoms with Crippen molar-refractivity contribution in [3.05, 3.63) is 12.2 Å². The molecule has 0 saturated heterocycles. The minimum Gasteiger partial charge on any atom is -0.323 e. The average molecular weight is 140 g/mol. The van der Waals surface area contributed by atoms with Gasteiger partial charge in [-0.05, 0) is 6.92 Å². The first-order chi connectivity index (χ1) is 4.88. The molecular formula is C6H12N4. The summed E-state index contributed by atoms with van der Waals surface area (Å²) in [4.78, 5) is 0. The van der Waals surface area contributed by atoms with E-state index in [9.17, 15) is 0 Å². The van der Waals surface area contributed by atoms with Crippen LogP contribution in [0.4, 0.5) is 0 Å². The maximum Gasteiger partial charge on any atom is 0.151 e. The second-order valence-electron chi connectivity index (χ2n) is 1.98. The van der Waals surface area contributed by atoms with Gasteiger partial charge in [0.2, 0.25) is 0 Å². The molecule has 0 fully saturated rings. The summed E-state index contributed by atoms with van der Waals surface area (Å²) in [6.45, 7) is 4.99. The third-order valence-corrected chi connectivity index (χ3v) is 1.26. The quantitative estimate of drug-likeness (QED) is 0.661. The Kier molecular flexibility index (Phi) is 2.25. The van der Waals surface area contributed by atoms with Gasteiger partial charge in [0.25, 0.3) is 0 Å². The topological polar surface area (TPSA) is 42.7 Å². The highest BCUT2D eigenvalue weighted by Crippen LogP contribution is 1.90. The lowest BCUT2D eigenvalue weighted by Gasteiger charge is -2.04. The van der Waals surface area contributed by atoms with Crippen molar-refractivity contribution in [2.24, 2.45) is 0 Å². The van der Waals surface area contributed by atoms with Gasteiger partial charge in [-0.3, -0.25) is 0 Å². The smallest absolute Gasteiger partial charge is 0.151 e. The monoisotopic (exact) mass is 140 g/mol. The molecule has 4 heteroatoms. The highest BCUT2D eigenvalue weighted by atomic mass is 15.5. The maximum absolute atomic E-state index is 3.90. The molecule has 0 aromatic carbocycles. The van der Waals surface area contributed by atoms with Crippen LogP contribution in [-0.2, 0) is 6.42 Å². The van der Waals surface area contributed by atoms with Crippen LogP contribution in [-0.4, -0.2) is 21.4 Å². The van der Waals surface area contributed by atoms with E-state index < -0.39 is 0 Å². The summed E-state index contributed by atoms with van der Waals surface area (Å²) < 4.78 is 1.85. The Morgan fingerprint density at radius 2 is 2.40 bits per heavy atom. The summed E-state index contributed by atoms with van der Waals surface area (Å²) >= 11 is 0. The molecule has 1 aromatic heterocycles. The van der Waals surface area contributed by atoms with E-state index in [1.165, 1.54) is 0 Å². The predicted octanol–water partition coefficient (Wildman–Crippen LogP) is 0.404. The largest absolute Gasteiger partial charge is 0.323 e. The third kappa shape index (κ3) is 1.26. The molecule has 0 aliphatic rings. The van der Waals surface area contributed by atoms with Crippen LogP contribution in [0.3, 0.4) is 0 Å². The number of hydrogen-bond acceptors (Lipinski definition) is 3. The molecule has 1 N–H and O–H groups in total. The van der Waals surface area contributed by atoms with Crippen LogP contribution >= 0.6 is 0 Å². The van der Waals surface area contributed by atoms with Crippen LogP contribution < -0.4 is 5.43 Å². The Morgan fingerprint density at radius 1 is 1.60 bits per heavy atom. The minimum atomic E-state index is 0.894. The van der Waals surface area contributed by atoms with E-state index in [0.717, 1.165) is 18.8 Å². The summed E-state index contributed by atoms with van der Waals surface area (Å²) in [5.74, 6) is 0.974. The molecule has 0 radical (unpaired) electrons. The SMILES string of the molecule is CCNn1cnnc1CC. The standard InChI is InChI=1S/C6H12N4/c1-3-6-9-7-5-10(6)8-4-2/h5,8H,3-4H2,1-2H3. The second-order valence-corrected chi connectivity index (χ2v) is 1.98. The van der Waals surface area contributed by atoms with Gasteiger partial charge in [-0.25, -0.2) is 4.68 Å². The van der Waals surface area contributed by atoms with E-state index in [1.807, 2.05) is 11.6 Å². The normalized spacial score (nSPS) is 9.80. The van der Waals surface area contributed by atoms with Crippen molar-refractivity contribution in [1.29, 1.82) is 0 Å². The summed E-state index contributed by atoms with van der Waals surface area (Å²) in [6.07, 6.45) is 2.59. The Balaban J connectivity index is 2.70. The van der Waals surface area contributed by atoms with Crippen LogP contribution in [0.15, 0.2) is 6.33 Å². The lowest BCUT2D eigenvalue weighted by atomic mass is 10.5. The number of nitrogens with one attached hydrogen (secondary N) is 1. The Hall–Kier alpha value is -1.06.